The highest BCUT2D eigenvalue weighted by atomic mass is 32.2. The van der Waals surface area contributed by atoms with Gasteiger partial charge in [0.25, 0.3) is 0 Å². The molecule has 2 heterocycles. The second kappa shape index (κ2) is 9.98. The van der Waals surface area contributed by atoms with Crippen molar-refractivity contribution in [3.05, 3.63) is 53.4 Å². The summed E-state index contributed by atoms with van der Waals surface area (Å²) in [7, 11) is -3.49. The van der Waals surface area contributed by atoms with Gasteiger partial charge in [0.1, 0.15) is 23.7 Å². The molecule has 1 aliphatic rings. The Kier molecular flexibility index (Phi) is 7.38. The van der Waals surface area contributed by atoms with Crippen LogP contribution in [0.1, 0.15) is 18.2 Å². The zero-order valence-electron chi connectivity index (χ0n) is 16.7. The van der Waals surface area contributed by atoms with E-state index in [9.17, 15) is 17.2 Å². The van der Waals surface area contributed by atoms with E-state index in [0.29, 0.717) is 44.4 Å². The number of hydrogen-bond acceptors (Lipinski definition) is 5. The first-order valence-corrected chi connectivity index (χ1v) is 11.3. The van der Waals surface area contributed by atoms with E-state index in [0.717, 1.165) is 0 Å². The van der Waals surface area contributed by atoms with Crippen LogP contribution in [0.3, 0.4) is 0 Å². The summed E-state index contributed by atoms with van der Waals surface area (Å²) >= 11 is 0. The predicted molar refractivity (Wildman–Crippen MR) is 108 cm³/mol. The SMILES string of the molecule is CCNC(=NCCc1c(F)cccc1F)N1CCN(S(=O)(=O)Cc2ccon2)CC1. The van der Waals surface area contributed by atoms with Gasteiger partial charge in [0.05, 0.1) is 5.69 Å². The summed E-state index contributed by atoms with van der Waals surface area (Å²) < 4.78 is 58.8. The van der Waals surface area contributed by atoms with Gasteiger partial charge in [0, 0.05) is 50.9 Å². The van der Waals surface area contributed by atoms with Gasteiger partial charge in [-0.05, 0) is 25.5 Å². The van der Waals surface area contributed by atoms with Crippen LogP contribution in [-0.4, -0.2) is 68.0 Å². The first-order valence-electron chi connectivity index (χ1n) is 9.74. The lowest BCUT2D eigenvalue weighted by Crippen LogP contribution is -2.54. The monoisotopic (exact) mass is 441 g/mol. The molecule has 1 aromatic heterocycles. The number of benzene rings is 1. The average molecular weight is 442 g/mol. The number of nitrogens with zero attached hydrogens (tertiary/aromatic N) is 4. The van der Waals surface area contributed by atoms with E-state index in [1.807, 2.05) is 11.8 Å². The quantitative estimate of drug-likeness (QED) is 0.519. The predicted octanol–water partition coefficient (Wildman–Crippen LogP) is 1.61. The fourth-order valence-corrected chi connectivity index (χ4v) is 4.66. The number of piperazine rings is 1. The van der Waals surface area contributed by atoms with Crippen molar-refractivity contribution in [1.82, 2.24) is 19.7 Å². The van der Waals surface area contributed by atoms with E-state index in [1.165, 1.54) is 34.8 Å². The maximum Gasteiger partial charge on any atom is 0.220 e. The molecule has 2 aromatic rings. The van der Waals surface area contributed by atoms with Gasteiger partial charge in [-0.25, -0.2) is 17.2 Å². The number of halogens is 2. The van der Waals surface area contributed by atoms with Crippen LogP contribution in [-0.2, 0) is 22.2 Å². The molecule has 0 radical (unpaired) electrons. The minimum Gasteiger partial charge on any atom is -0.364 e. The lowest BCUT2D eigenvalue weighted by atomic mass is 10.1. The summed E-state index contributed by atoms with van der Waals surface area (Å²) in [5, 5.41) is 6.82. The summed E-state index contributed by atoms with van der Waals surface area (Å²) in [6, 6.07) is 5.32. The number of sulfonamides is 1. The molecule has 0 unspecified atom stereocenters. The zero-order chi connectivity index (χ0) is 21.6. The first kappa shape index (κ1) is 22.2. The Hall–Kier alpha value is -2.53. The Balaban J connectivity index is 1.59. The third-order valence-corrected chi connectivity index (χ3v) is 6.59. The van der Waals surface area contributed by atoms with Crippen molar-refractivity contribution in [2.45, 2.75) is 19.1 Å². The van der Waals surface area contributed by atoms with Crippen molar-refractivity contribution in [1.29, 1.82) is 0 Å². The summed E-state index contributed by atoms with van der Waals surface area (Å²) in [5.74, 6) is -0.767. The number of aromatic nitrogens is 1. The van der Waals surface area contributed by atoms with Crippen LogP contribution < -0.4 is 5.32 Å². The van der Waals surface area contributed by atoms with Crippen LogP contribution in [0, 0.1) is 11.6 Å². The van der Waals surface area contributed by atoms with Gasteiger partial charge in [0.2, 0.25) is 10.0 Å². The van der Waals surface area contributed by atoms with Crippen molar-refractivity contribution < 1.29 is 21.7 Å². The van der Waals surface area contributed by atoms with Gasteiger partial charge < -0.3 is 14.7 Å². The molecule has 30 heavy (non-hydrogen) atoms. The Morgan fingerprint density at radius 1 is 1.20 bits per heavy atom. The lowest BCUT2D eigenvalue weighted by Gasteiger charge is -2.35. The molecule has 164 valence electrons. The molecule has 1 aliphatic heterocycles. The Bertz CT molecular complexity index is 938. The second-order valence-corrected chi connectivity index (χ2v) is 8.79. The van der Waals surface area contributed by atoms with E-state index in [-0.39, 0.29) is 24.3 Å². The van der Waals surface area contributed by atoms with Gasteiger partial charge in [-0.3, -0.25) is 4.99 Å². The van der Waals surface area contributed by atoms with E-state index in [4.69, 9.17) is 4.52 Å². The molecule has 8 nitrogen and oxygen atoms in total. The van der Waals surface area contributed by atoms with Gasteiger partial charge in [-0.15, -0.1) is 0 Å². The Morgan fingerprint density at radius 3 is 2.50 bits per heavy atom. The van der Waals surface area contributed by atoms with Gasteiger partial charge >= 0.3 is 0 Å². The summed E-state index contributed by atoms with van der Waals surface area (Å²) in [6.07, 6.45) is 1.48. The lowest BCUT2D eigenvalue weighted by molar-refractivity contribution is 0.260. The smallest absolute Gasteiger partial charge is 0.220 e. The molecule has 3 rings (SSSR count). The van der Waals surface area contributed by atoms with Crippen LogP contribution in [0.4, 0.5) is 8.78 Å². The van der Waals surface area contributed by atoms with Crippen molar-refractivity contribution in [2.24, 2.45) is 4.99 Å². The number of aliphatic imine (C=N–C) groups is 1. The van der Waals surface area contributed by atoms with Crippen molar-refractivity contribution in [3.63, 3.8) is 0 Å². The molecule has 1 N–H and O–H groups in total. The Morgan fingerprint density at radius 2 is 1.90 bits per heavy atom. The fourth-order valence-electron chi connectivity index (χ4n) is 3.24. The highest BCUT2D eigenvalue weighted by Crippen LogP contribution is 2.14. The highest BCUT2D eigenvalue weighted by Gasteiger charge is 2.29. The fraction of sp³-hybridized carbons (Fsp3) is 0.474. The Labute approximate surface area is 174 Å². The van der Waals surface area contributed by atoms with Crippen LogP contribution in [0.15, 0.2) is 40.0 Å². The van der Waals surface area contributed by atoms with Crippen molar-refractivity contribution >= 4 is 16.0 Å². The minimum atomic E-state index is -3.49. The van der Waals surface area contributed by atoms with Gasteiger partial charge in [-0.2, -0.15) is 4.31 Å². The minimum absolute atomic E-state index is 0.0147. The van der Waals surface area contributed by atoms with E-state index in [1.54, 1.807) is 0 Å². The standard InChI is InChI=1S/C19H25F2N5O3S/c1-2-22-19(23-8-6-16-17(20)4-3-5-18(16)21)25-9-11-26(12-10-25)30(27,28)14-15-7-13-29-24-15/h3-5,7,13H,2,6,8-12,14H2,1H3,(H,22,23). The number of nitrogens with one attached hydrogen (secondary N) is 1. The molecule has 0 atom stereocenters. The van der Waals surface area contributed by atoms with E-state index >= 15 is 0 Å². The van der Waals surface area contributed by atoms with Crippen molar-refractivity contribution in [3.8, 4) is 0 Å². The number of rotatable bonds is 7. The molecule has 1 aromatic carbocycles. The zero-order valence-corrected chi connectivity index (χ0v) is 17.5. The van der Waals surface area contributed by atoms with Crippen LogP contribution in [0.25, 0.3) is 0 Å². The first-order chi connectivity index (χ1) is 14.4. The number of hydrogen-bond donors (Lipinski definition) is 1. The van der Waals surface area contributed by atoms with Crippen LogP contribution in [0.2, 0.25) is 0 Å². The molecular weight excluding hydrogens is 416 g/mol. The topological polar surface area (TPSA) is 91.0 Å². The van der Waals surface area contributed by atoms with Crippen LogP contribution >= 0.6 is 0 Å². The molecule has 0 aliphatic carbocycles. The molecule has 0 spiro atoms. The molecule has 0 amide bonds. The summed E-state index contributed by atoms with van der Waals surface area (Å²) in [4.78, 5) is 6.42. The molecule has 0 saturated carbocycles. The average Bonchev–Trinajstić information content (AvgIpc) is 3.22. The van der Waals surface area contributed by atoms with Gasteiger partial charge in [0.15, 0.2) is 5.96 Å². The molecular formula is C19H25F2N5O3S. The number of guanidine groups is 1. The highest BCUT2D eigenvalue weighted by molar-refractivity contribution is 7.88. The normalized spacial score (nSPS) is 16.1. The third kappa shape index (κ3) is 5.54. The van der Waals surface area contributed by atoms with Crippen molar-refractivity contribution in [2.75, 3.05) is 39.3 Å². The molecule has 1 saturated heterocycles. The van der Waals surface area contributed by atoms with E-state index in [2.05, 4.69) is 15.5 Å². The molecule has 1 fully saturated rings. The third-order valence-electron chi connectivity index (χ3n) is 4.77. The maximum absolute atomic E-state index is 13.8. The van der Waals surface area contributed by atoms with Gasteiger partial charge in [-0.1, -0.05) is 11.2 Å². The van der Waals surface area contributed by atoms with E-state index < -0.39 is 21.7 Å². The molecule has 11 heteroatoms. The maximum atomic E-state index is 13.8. The summed E-state index contributed by atoms with van der Waals surface area (Å²) in [5.41, 5.74) is 0.383. The second-order valence-electron chi connectivity index (χ2n) is 6.82. The van der Waals surface area contributed by atoms with Crippen LogP contribution in [0.5, 0.6) is 0 Å². The molecule has 0 bridgehead atoms. The largest absolute Gasteiger partial charge is 0.364 e. The summed E-state index contributed by atoms with van der Waals surface area (Å²) in [6.45, 7) is 4.29.